The van der Waals surface area contributed by atoms with Gasteiger partial charge in [0.2, 0.25) is 0 Å². The topological polar surface area (TPSA) is 67.2 Å². The first-order chi connectivity index (χ1) is 9.92. The second kappa shape index (κ2) is 6.49. The van der Waals surface area contributed by atoms with Crippen LogP contribution in [0.5, 0.6) is 0 Å². The highest BCUT2D eigenvalue weighted by Gasteiger charge is 2.24. The van der Waals surface area contributed by atoms with E-state index in [1.54, 1.807) is 36.1 Å². The van der Waals surface area contributed by atoms with Gasteiger partial charge in [-0.3, -0.25) is 4.68 Å². The van der Waals surface area contributed by atoms with Crippen molar-refractivity contribution in [3.63, 3.8) is 0 Å². The number of nitrogens with one attached hydrogen (secondary N) is 1. The summed E-state index contributed by atoms with van der Waals surface area (Å²) in [6.07, 6.45) is 2.40. The van der Waals surface area contributed by atoms with Crippen LogP contribution in [0.2, 0.25) is 5.02 Å². The molecule has 2 N–H and O–H groups in total. The number of hydrogen-bond donors (Lipinski definition) is 2. The third kappa shape index (κ3) is 3.57. The first kappa shape index (κ1) is 15.9. The van der Waals surface area contributed by atoms with E-state index in [0.717, 1.165) is 5.69 Å². The summed E-state index contributed by atoms with van der Waals surface area (Å²) in [7, 11) is 1.78. The summed E-state index contributed by atoms with van der Waals surface area (Å²) < 4.78 is 2.34. The van der Waals surface area contributed by atoms with Crippen molar-refractivity contribution in [3.05, 3.63) is 45.1 Å². The number of aromatic nitrogens is 2. The van der Waals surface area contributed by atoms with Crippen LogP contribution in [0.4, 0.5) is 5.69 Å². The van der Waals surface area contributed by atoms with Crippen molar-refractivity contribution in [2.45, 2.75) is 19.4 Å². The number of carboxylic acid groups (broad SMARTS) is 1. The van der Waals surface area contributed by atoms with E-state index in [4.69, 9.17) is 11.6 Å². The molecule has 1 unspecified atom stereocenters. The molecule has 0 aliphatic heterocycles. The van der Waals surface area contributed by atoms with Gasteiger partial charge in [-0.25, -0.2) is 4.79 Å². The van der Waals surface area contributed by atoms with Gasteiger partial charge in [-0.15, -0.1) is 0 Å². The Morgan fingerprint density at radius 3 is 2.86 bits per heavy atom. The van der Waals surface area contributed by atoms with Crippen LogP contribution in [-0.4, -0.2) is 20.9 Å². The molecule has 1 atom stereocenters. The molecule has 0 amide bonds. The Morgan fingerprint density at radius 2 is 2.29 bits per heavy atom. The number of rotatable bonds is 5. The Kier molecular flexibility index (Phi) is 4.90. The Morgan fingerprint density at radius 1 is 1.57 bits per heavy atom. The van der Waals surface area contributed by atoms with Crippen LogP contribution in [0.25, 0.3) is 0 Å². The van der Waals surface area contributed by atoms with Crippen LogP contribution in [0.15, 0.2) is 28.9 Å². The molecule has 0 saturated heterocycles. The zero-order valence-electron chi connectivity index (χ0n) is 11.6. The summed E-state index contributed by atoms with van der Waals surface area (Å²) in [5.41, 5.74) is 2.11. The van der Waals surface area contributed by atoms with Gasteiger partial charge in [-0.2, -0.15) is 5.10 Å². The first-order valence-corrected chi connectivity index (χ1v) is 7.56. The van der Waals surface area contributed by atoms with E-state index in [2.05, 4.69) is 26.3 Å². The van der Waals surface area contributed by atoms with E-state index in [-0.39, 0.29) is 0 Å². The average Bonchev–Trinajstić information content (AvgIpc) is 2.80. The molecule has 1 heterocycles. The molecule has 1 aromatic heterocycles. The quantitative estimate of drug-likeness (QED) is 0.841. The van der Waals surface area contributed by atoms with Gasteiger partial charge in [0.15, 0.2) is 6.04 Å². The third-order valence-electron chi connectivity index (χ3n) is 3.06. The molecule has 0 fully saturated rings. The molecule has 2 rings (SSSR count). The summed E-state index contributed by atoms with van der Waals surface area (Å²) >= 11 is 9.27. The number of halogens is 2. The number of nitrogens with zero attached hydrogens (tertiary/aromatic N) is 2. The van der Waals surface area contributed by atoms with Gasteiger partial charge in [0, 0.05) is 29.0 Å². The zero-order chi connectivity index (χ0) is 15.6. The normalized spacial score (nSPS) is 12.2. The lowest BCUT2D eigenvalue weighted by Crippen LogP contribution is -2.21. The minimum Gasteiger partial charge on any atom is -0.479 e. The summed E-state index contributed by atoms with van der Waals surface area (Å²) in [6, 6.07) is 4.34. The summed E-state index contributed by atoms with van der Waals surface area (Å²) in [6.45, 7) is 1.95. The Bertz CT molecular complexity index is 672. The Hall–Kier alpha value is -1.53. The second-order valence-electron chi connectivity index (χ2n) is 4.60. The monoisotopic (exact) mass is 371 g/mol. The fourth-order valence-electron chi connectivity index (χ4n) is 2.09. The molecule has 21 heavy (non-hydrogen) atoms. The lowest BCUT2D eigenvalue weighted by molar-refractivity contribution is -0.138. The molecular weight excluding hydrogens is 358 g/mol. The number of aryl methyl sites for hydroxylation is 2. The van der Waals surface area contributed by atoms with Crippen molar-refractivity contribution in [3.8, 4) is 0 Å². The van der Waals surface area contributed by atoms with E-state index in [9.17, 15) is 9.90 Å². The molecule has 0 aliphatic rings. The fourth-order valence-corrected chi connectivity index (χ4v) is 2.59. The van der Waals surface area contributed by atoms with Crippen molar-refractivity contribution in [1.82, 2.24) is 9.78 Å². The predicted octanol–water partition coefficient (Wildman–Crippen LogP) is 3.64. The van der Waals surface area contributed by atoms with Gasteiger partial charge in [-0.05, 0) is 40.5 Å². The highest BCUT2D eigenvalue weighted by Crippen LogP contribution is 2.28. The molecule has 0 bridgehead atoms. The average molecular weight is 373 g/mol. The minimum atomic E-state index is -0.955. The highest BCUT2D eigenvalue weighted by atomic mass is 79.9. The van der Waals surface area contributed by atoms with Gasteiger partial charge in [-0.1, -0.05) is 18.5 Å². The SMILES string of the molecule is CCc1nn(C)cc1C(Nc1ccc(Cl)c(Br)c1)C(=O)O. The number of aliphatic carboxylic acids is 1. The molecule has 0 spiro atoms. The third-order valence-corrected chi connectivity index (χ3v) is 4.27. The van der Waals surface area contributed by atoms with E-state index in [0.29, 0.717) is 27.2 Å². The van der Waals surface area contributed by atoms with Crippen molar-refractivity contribution in [2.24, 2.45) is 7.05 Å². The summed E-state index contributed by atoms with van der Waals surface area (Å²) in [4.78, 5) is 11.6. The van der Waals surface area contributed by atoms with Crippen LogP contribution in [0.1, 0.15) is 24.2 Å². The Labute approximate surface area is 136 Å². The van der Waals surface area contributed by atoms with Gasteiger partial charge in [0.1, 0.15) is 0 Å². The minimum absolute atomic E-state index is 0.572. The van der Waals surface area contributed by atoms with E-state index < -0.39 is 12.0 Å². The van der Waals surface area contributed by atoms with Crippen LogP contribution in [-0.2, 0) is 18.3 Å². The van der Waals surface area contributed by atoms with Crippen LogP contribution >= 0.6 is 27.5 Å². The maximum atomic E-state index is 11.6. The van der Waals surface area contributed by atoms with Crippen molar-refractivity contribution >= 4 is 39.2 Å². The molecule has 5 nitrogen and oxygen atoms in total. The standard InChI is InChI=1S/C14H15BrClN3O2/c1-3-12-9(7-19(2)18-12)13(14(20)21)17-8-4-5-11(16)10(15)6-8/h4-7,13,17H,3H2,1-2H3,(H,20,21). The molecule has 112 valence electrons. The second-order valence-corrected chi connectivity index (χ2v) is 5.86. The number of carbonyl (C=O) groups is 1. The molecule has 0 saturated carbocycles. The number of hydrogen-bond acceptors (Lipinski definition) is 3. The Balaban J connectivity index is 2.35. The summed E-state index contributed by atoms with van der Waals surface area (Å²) in [5, 5.41) is 17.4. The number of benzene rings is 1. The first-order valence-electron chi connectivity index (χ1n) is 6.39. The van der Waals surface area contributed by atoms with Crippen LogP contribution in [0.3, 0.4) is 0 Å². The summed E-state index contributed by atoms with van der Waals surface area (Å²) in [5.74, 6) is -0.955. The van der Waals surface area contributed by atoms with Gasteiger partial charge >= 0.3 is 5.97 Å². The van der Waals surface area contributed by atoms with Gasteiger partial charge in [0.25, 0.3) is 0 Å². The molecule has 0 aliphatic carbocycles. The number of anilines is 1. The lowest BCUT2D eigenvalue weighted by Gasteiger charge is -2.16. The number of carboxylic acids is 1. The smallest absolute Gasteiger partial charge is 0.330 e. The van der Waals surface area contributed by atoms with Gasteiger partial charge < -0.3 is 10.4 Å². The fraction of sp³-hybridized carbons (Fsp3) is 0.286. The molecule has 7 heteroatoms. The maximum absolute atomic E-state index is 11.6. The van der Waals surface area contributed by atoms with Gasteiger partial charge in [0.05, 0.1) is 10.7 Å². The van der Waals surface area contributed by atoms with Crippen molar-refractivity contribution in [2.75, 3.05) is 5.32 Å². The molecule has 1 aromatic carbocycles. The largest absolute Gasteiger partial charge is 0.479 e. The molecule has 2 aromatic rings. The van der Waals surface area contributed by atoms with E-state index in [1.165, 1.54) is 0 Å². The van der Waals surface area contributed by atoms with E-state index >= 15 is 0 Å². The van der Waals surface area contributed by atoms with Crippen molar-refractivity contribution in [1.29, 1.82) is 0 Å². The lowest BCUT2D eigenvalue weighted by atomic mass is 10.1. The van der Waals surface area contributed by atoms with E-state index in [1.807, 2.05) is 6.92 Å². The molecular formula is C14H15BrClN3O2. The predicted molar refractivity (Wildman–Crippen MR) is 85.7 cm³/mol. The highest BCUT2D eigenvalue weighted by molar-refractivity contribution is 9.10. The zero-order valence-corrected chi connectivity index (χ0v) is 13.9. The van der Waals surface area contributed by atoms with Crippen LogP contribution < -0.4 is 5.32 Å². The van der Waals surface area contributed by atoms with Crippen molar-refractivity contribution < 1.29 is 9.90 Å². The van der Waals surface area contributed by atoms with Crippen LogP contribution in [0, 0.1) is 0 Å². The molecule has 0 radical (unpaired) electrons. The maximum Gasteiger partial charge on any atom is 0.330 e.